The van der Waals surface area contributed by atoms with Crippen molar-refractivity contribution in [1.82, 2.24) is 0 Å². The van der Waals surface area contributed by atoms with Gasteiger partial charge in [-0.15, -0.1) is 0 Å². The van der Waals surface area contributed by atoms with E-state index in [4.69, 9.17) is 5.11 Å². The largest absolute Gasteiger partial charge is 0.481 e. The monoisotopic (exact) mass is 414 g/mol. The zero-order valence-corrected chi connectivity index (χ0v) is 17.7. The van der Waals surface area contributed by atoms with Gasteiger partial charge in [0.1, 0.15) is 5.60 Å². The molecule has 0 amide bonds. The second-order valence-corrected chi connectivity index (χ2v) is 9.93. The smallest absolute Gasteiger partial charge is 0.303 e. The minimum absolute atomic E-state index is 0.0180. The minimum atomic E-state index is -1.77. The Morgan fingerprint density at radius 1 is 1.23 bits per heavy atom. The summed E-state index contributed by atoms with van der Waals surface area (Å²) in [5, 5.41) is 32.0. The number of Topliss-reactive ketones (excluding diaryl/α,β-unsaturated/α-hetero) is 1. The van der Waals surface area contributed by atoms with Gasteiger partial charge < -0.3 is 15.3 Å². The average Bonchev–Trinajstić information content (AvgIpc) is 2.90. The van der Waals surface area contributed by atoms with Crippen LogP contribution in [-0.4, -0.2) is 44.6 Å². The fraction of sp³-hybridized carbons (Fsp3) is 0.625. The number of carbonyl (C=O) groups excluding carboxylic acids is 2. The molecule has 4 rings (SSSR count). The molecule has 2 unspecified atom stereocenters. The molecule has 3 N–H and O–H groups in total. The molecule has 2 fully saturated rings. The predicted molar refractivity (Wildman–Crippen MR) is 109 cm³/mol. The van der Waals surface area contributed by atoms with Gasteiger partial charge in [0, 0.05) is 17.3 Å². The Balaban J connectivity index is 1.77. The molecule has 4 aliphatic rings. The summed E-state index contributed by atoms with van der Waals surface area (Å²) < 4.78 is 0. The number of aliphatic hydroxyl groups excluding tert-OH is 1. The molecule has 0 aromatic heterocycles. The van der Waals surface area contributed by atoms with E-state index in [2.05, 4.69) is 6.92 Å². The first-order chi connectivity index (χ1) is 14.0. The van der Waals surface area contributed by atoms with Crippen LogP contribution in [0, 0.1) is 28.6 Å². The third kappa shape index (κ3) is 2.59. The van der Waals surface area contributed by atoms with Gasteiger partial charge in [0.25, 0.3) is 0 Å². The van der Waals surface area contributed by atoms with E-state index >= 15 is 0 Å². The van der Waals surface area contributed by atoms with Crippen LogP contribution in [0.5, 0.6) is 0 Å². The number of ketones is 2. The van der Waals surface area contributed by atoms with Crippen LogP contribution in [0.3, 0.4) is 0 Å². The van der Waals surface area contributed by atoms with Crippen molar-refractivity contribution in [2.24, 2.45) is 28.6 Å². The lowest BCUT2D eigenvalue weighted by Crippen LogP contribution is -2.62. The highest BCUT2D eigenvalue weighted by Crippen LogP contribution is 2.66. The first-order valence-corrected chi connectivity index (χ1v) is 10.8. The number of rotatable bonds is 4. The van der Waals surface area contributed by atoms with Crippen molar-refractivity contribution in [3.05, 3.63) is 35.5 Å². The van der Waals surface area contributed by atoms with E-state index in [1.807, 2.05) is 13.0 Å². The topological polar surface area (TPSA) is 112 Å². The van der Waals surface area contributed by atoms with Gasteiger partial charge in [-0.3, -0.25) is 14.4 Å². The number of aliphatic carboxylic acids is 1. The van der Waals surface area contributed by atoms with Gasteiger partial charge in [-0.05, 0) is 56.1 Å². The molecule has 0 aliphatic heterocycles. The van der Waals surface area contributed by atoms with Crippen LogP contribution < -0.4 is 0 Å². The van der Waals surface area contributed by atoms with Crippen molar-refractivity contribution in [2.75, 3.05) is 0 Å². The lowest BCUT2D eigenvalue weighted by molar-refractivity contribution is -0.173. The van der Waals surface area contributed by atoms with Crippen molar-refractivity contribution < 1.29 is 29.7 Å². The third-order valence-electron chi connectivity index (χ3n) is 8.63. The van der Waals surface area contributed by atoms with E-state index in [9.17, 15) is 24.6 Å². The highest BCUT2D eigenvalue weighted by atomic mass is 16.4. The maximum atomic E-state index is 13.1. The van der Waals surface area contributed by atoms with Crippen molar-refractivity contribution in [3.8, 4) is 0 Å². The molecule has 6 heteroatoms. The maximum Gasteiger partial charge on any atom is 0.303 e. The summed E-state index contributed by atoms with van der Waals surface area (Å²) in [6.45, 7) is 5.67. The fourth-order valence-corrected chi connectivity index (χ4v) is 6.87. The Morgan fingerprint density at radius 3 is 2.60 bits per heavy atom. The number of aliphatic hydroxyl groups is 2. The zero-order chi connectivity index (χ0) is 22.1. The normalized spacial score (nSPS) is 44.5. The summed E-state index contributed by atoms with van der Waals surface area (Å²) in [7, 11) is 0. The van der Waals surface area contributed by atoms with E-state index in [0.717, 1.165) is 24.0 Å². The lowest BCUT2D eigenvalue weighted by Gasteiger charge is -2.55. The lowest BCUT2D eigenvalue weighted by atomic mass is 9.50. The van der Waals surface area contributed by atoms with E-state index in [-0.39, 0.29) is 36.4 Å². The molecule has 7 atom stereocenters. The summed E-state index contributed by atoms with van der Waals surface area (Å²) in [5.74, 6) is -2.00. The molecule has 0 spiro atoms. The second-order valence-electron chi connectivity index (χ2n) is 9.93. The quantitative estimate of drug-likeness (QED) is 0.610. The summed E-state index contributed by atoms with van der Waals surface area (Å²) in [4.78, 5) is 35.9. The molecule has 6 nitrogen and oxygen atoms in total. The molecule has 162 valence electrons. The van der Waals surface area contributed by atoms with Gasteiger partial charge in [0.2, 0.25) is 0 Å². The summed E-state index contributed by atoms with van der Waals surface area (Å²) in [6.07, 6.45) is 7.51. The molecule has 0 bridgehead atoms. The molecule has 0 aromatic carbocycles. The molecular weight excluding hydrogens is 384 g/mol. The van der Waals surface area contributed by atoms with Gasteiger partial charge in [0.15, 0.2) is 11.6 Å². The Kier molecular flexibility index (Phi) is 4.75. The number of carboxylic acid groups (broad SMARTS) is 1. The number of carbonyl (C=O) groups is 3. The molecule has 0 saturated heterocycles. The number of carboxylic acids is 1. The highest BCUT2D eigenvalue weighted by molar-refractivity contribution is 6.01. The van der Waals surface area contributed by atoms with E-state index in [1.165, 1.54) is 0 Å². The van der Waals surface area contributed by atoms with Gasteiger partial charge in [-0.1, -0.05) is 37.1 Å². The summed E-state index contributed by atoms with van der Waals surface area (Å²) in [5.41, 5.74) is -1.18. The molecule has 30 heavy (non-hydrogen) atoms. The van der Waals surface area contributed by atoms with E-state index in [0.29, 0.717) is 6.42 Å². The van der Waals surface area contributed by atoms with Crippen LogP contribution in [0.15, 0.2) is 35.5 Å². The number of fused-ring (bicyclic) bond motifs is 5. The second kappa shape index (κ2) is 6.72. The van der Waals surface area contributed by atoms with E-state index in [1.54, 1.807) is 25.2 Å². The molecule has 0 aromatic rings. The van der Waals surface area contributed by atoms with Crippen molar-refractivity contribution in [3.63, 3.8) is 0 Å². The fourth-order valence-electron chi connectivity index (χ4n) is 6.87. The van der Waals surface area contributed by atoms with Gasteiger partial charge in [0.05, 0.1) is 12.5 Å². The van der Waals surface area contributed by atoms with Crippen LogP contribution in [0.2, 0.25) is 0 Å². The van der Waals surface area contributed by atoms with Crippen LogP contribution >= 0.6 is 0 Å². The molecule has 0 heterocycles. The summed E-state index contributed by atoms with van der Waals surface area (Å²) in [6, 6.07) is 0. The maximum absolute atomic E-state index is 13.1. The number of hydrogen-bond acceptors (Lipinski definition) is 5. The Labute approximate surface area is 176 Å². The van der Waals surface area contributed by atoms with Crippen molar-refractivity contribution in [1.29, 1.82) is 0 Å². The Hall–Kier alpha value is -2.05. The predicted octanol–water partition coefficient (Wildman–Crippen LogP) is 2.60. The van der Waals surface area contributed by atoms with Gasteiger partial charge >= 0.3 is 5.97 Å². The molecule has 0 radical (unpaired) electrons. The summed E-state index contributed by atoms with van der Waals surface area (Å²) >= 11 is 0. The first-order valence-electron chi connectivity index (χ1n) is 10.8. The van der Waals surface area contributed by atoms with Crippen LogP contribution in [0.4, 0.5) is 0 Å². The first kappa shape index (κ1) is 21.2. The van der Waals surface area contributed by atoms with Crippen LogP contribution in [-0.2, 0) is 14.4 Å². The molecule has 4 aliphatic carbocycles. The third-order valence-corrected chi connectivity index (χ3v) is 8.63. The van der Waals surface area contributed by atoms with Crippen molar-refractivity contribution in [2.45, 2.75) is 64.6 Å². The average molecular weight is 414 g/mol. The highest BCUT2D eigenvalue weighted by Gasteiger charge is 2.69. The Morgan fingerprint density at radius 2 is 1.93 bits per heavy atom. The number of hydrogen-bond donors (Lipinski definition) is 3. The van der Waals surface area contributed by atoms with Gasteiger partial charge in [-0.2, -0.15) is 0 Å². The van der Waals surface area contributed by atoms with Gasteiger partial charge in [-0.25, -0.2) is 0 Å². The van der Waals surface area contributed by atoms with Crippen LogP contribution in [0.1, 0.15) is 52.9 Å². The van der Waals surface area contributed by atoms with Crippen LogP contribution in [0.25, 0.3) is 0 Å². The van der Waals surface area contributed by atoms with E-state index < -0.39 is 34.3 Å². The minimum Gasteiger partial charge on any atom is -0.481 e. The molecular formula is C24H30O6. The SMILES string of the molecule is CC1C[C@H]2[C@@H]3CCC4=CC(=O)C=C[C@]4(C)C3=CC(O)[C@]2(C)[C@@]1(O)C(=O)CCC(=O)O. The number of allylic oxidation sites excluding steroid dienone is 5. The zero-order valence-electron chi connectivity index (χ0n) is 17.7. The standard InChI is InChI=1S/C24H30O6/c1-13-10-18-16-5-4-14-11-15(25)8-9-22(14,2)17(16)12-20(27)23(18,3)24(13,30)19(26)6-7-21(28)29/h8-9,11-13,16,18,20,27,30H,4-7,10H2,1-3H3,(H,28,29)/t13?,16-,18+,20?,22+,23-,24+/m1/s1. The Bertz CT molecular complexity index is 913. The molecule has 2 saturated carbocycles. The van der Waals surface area contributed by atoms with Crippen molar-refractivity contribution >= 4 is 17.5 Å².